The van der Waals surface area contributed by atoms with Crippen molar-refractivity contribution in [2.24, 2.45) is 5.73 Å². The Hall–Kier alpha value is -1.26. The Balaban J connectivity index is 2.04. The average molecular weight is 264 g/mol. The molecule has 0 bridgehead atoms. The van der Waals surface area contributed by atoms with Crippen LogP contribution in [0.2, 0.25) is 0 Å². The summed E-state index contributed by atoms with van der Waals surface area (Å²) in [5, 5.41) is 0. The van der Waals surface area contributed by atoms with Gasteiger partial charge in [0.2, 0.25) is 0 Å². The van der Waals surface area contributed by atoms with Crippen molar-refractivity contribution in [2.45, 2.75) is 32.2 Å². The molecule has 0 amide bonds. The van der Waals surface area contributed by atoms with Gasteiger partial charge in [0.25, 0.3) is 0 Å². The lowest BCUT2D eigenvalue weighted by molar-refractivity contribution is 0.0985. The second-order valence-electron chi connectivity index (χ2n) is 5.10. The highest BCUT2D eigenvalue weighted by atomic mass is 19.1. The molecule has 1 aliphatic rings. The van der Waals surface area contributed by atoms with Gasteiger partial charge in [-0.25, -0.2) is 4.39 Å². The number of piperidine rings is 1. The third-order valence-corrected chi connectivity index (χ3v) is 3.59. The van der Waals surface area contributed by atoms with Crippen molar-refractivity contribution < 1.29 is 9.18 Å². The minimum Gasteiger partial charge on any atom is -0.330 e. The zero-order chi connectivity index (χ0) is 13.7. The van der Waals surface area contributed by atoms with E-state index in [0.717, 1.165) is 13.1 Å². The van der Waals surface area contributed by atoms with Gasteiger partial charge in [-0.05, 0) is 38.5 Å². The van der Waals surface area contributed by atoms with Crippen molar-refractivity contribution >= 4 is 5.78 Å². The minimum absolute atomic E-state index is 0.0917. The van der Waals surface area contributed by atoms with Gasteiger partial charge in [0, 0.05) is 24.1 Å². The smallest absolute Gasteiger partial charge is 0.164 e. The van der Waals surface area contributed by atoms with E-state index in [0.29, 0.717) is 24.2 Å². The molecule has 0 saturated carbocycles. The summed E-state index contributed by atoms with van der Waals surface area (Å²) in [7, 11) is 0. The Bertz CT molecular complexity index is 442. The number of Topliss-reactive ketones (excluding diaryl/α,β-unsaturated/α-hetero) is 1. The standard InChI is InChI=1S/C15H21FN2O/c16-14-10-12(15(19)6-7-17)4-5-13(14)11-18-8-2-1-3-9-18/h4-5,10H,1-3,6-9,11,17H2. The Morgan fingerprint density at radius 3 is 2.63 bits per heavy atom. The third kappa shape index (κ3) is 3.85. The molecule has 1 aromatic carbocycles. The van der Waals surface area contributed by atoms with Crippen LogP contribution in [-0.2, 0) is 6.54 Å². The summed E-state index contributed by atoms with van der Waals surface area (Å²) in [6.45, 7) is 3.01. The van der Waals surface area contributed by atoms with E-state index >= 15 is 0 Å². The molecule has 0 unspecified atom stereocenters. The monoisotopic (exact) mass is 264 g/mol. The molecular weight excluding hydrogens is 243 g/mol. The number of halogens is 1. The van der Waals surface area contributed by atoms with E-state index in [9.17, 15) is 9.18 Å². The molecule has 0 radical (unpaired) electrons. The van der Waals surface area contributed by atoms with E-state index in [1.807, 2.05) is 0 Å². The van der Waals surface area contributed by atoms with Crippen molar-refractivity contribution in [2.75, 3.05) is 19.6 Å². The fourth-order valence-corrected chi connectivity index (χ4v) is 2.48. The zero-order valence-electron chi connectivity index (χ0n) is 11.2. The number of nitrogens with zero attached hydrogens (tertiary/aromatic N) is 1. The van der Waals surface area contributed by atoms with Gasteiger partial charge >= 0.3 is 0 Å². The maximum Gasteiger partial charge on any atom is 0.164 e. The van der Waals surface area contributed by atoms with E-state index in [2.05, 4.69) is 4.90 Å². The van der Waals surface area contributed by atoms with Crippen LogP contribution in [0.15, 0.2) is 18.2 Å². The van der Waals surface area contributed by atoms with Crippen LogP contribution >= 0.6 is 0 Å². The molecule has 1 fully saturated rings. The second kappa shape index (κ2) is 6.78. The highest BCUT2D eigenvalue weighted by Gasteiger charge is 2.14. The molecule has 0 spiro atoms. The molecule has 4 heteroatoms. The highest BCUT2D eigenvalue weighted by Crippen LogP contribution is 2.17. The molecule has 0 aromatic heterocycles. The van der Waals surface area contributed by atoms with Crippen molar-refractivity contribution in [1.29, 1.82) is 0 Å². The maximum absolute atomic E-state index is 14.0. The first-order chi connectivity index (χ1) is 9.20. The summed E-state index contributed by atoms with van der Waals surface area (Å²) in [5.74, 6) is -0.376. The van der Waals surface area contributed by atoms with Crippen LogP contribution in [0, 0.1) is 5.82 Å². The zero-order valence-corrected chi connectivity index (χ0v) is 11.2. The van der Waals surface area contributed by atoms with Gasteiger partial charge in [-0.15, -0.1) is 0 Å². The van der Waals surface area contributed by atoms with Crippen molar-refractivity contribution in [3.05, 3.63) is 35.1 Å². The van der Waals surface area contributed by atoms with Crippen LogP contribution in [0.4, 0.5) is 4.39 Å². The first-order valence-electron chi connectivity index (χ1n) is 6.95. The molecule has 1 aliphatic heterocycles. The summed E-state index contributed by atoms with van der Waals surface area (Å²) >= 11 is 0. The summed E-state index contributed by atoms with van der Waals surface area (Å²) in [4.78, 5) is 13.9. The summed E-state index contributed by atoms with van der Waals surface area (Å²) in [6, 6.07) is 4.78. The highest BCUT2D eigenvalue weighted by molar-refractivity contribution is 5.96. The normalized spacial score (nSPS) is 16.5. The van der Waals surface area contributed by atoms with E-state index < -0.39 is 0 Å². The Morgan fingerprint density at radius 1 is 1.26 bits per heavy atom. The lowest BCUT2D eigenvalue weighted by atomic mass is 10.0. The van der Waals surface area contributed by atoms with Crippen LogP contribution in [0.3, 0.4) is 0 Å². The van der Waals surface area contributed by atoms with Crippen LogP contribution in [-0.4, -0.2) is 30.3 Å². The lowest BCUT2D eigenvalue weighted by Crippen LogP contribution is -2.29. The molecular formula is C15H21FN2O. The van der Waals surface area contributed by atoms with Gasteiger partial charge in [0.15, 0.2) is 5.78 Å². The predicted molar refractivity (Wildman–Crippen MR) is 73.5 cm³/mol. The van der Waals surface area contributed by atoms with Gasteiger partial charge in [0.05, 0.1) is 0 Å². The summed E-state index contributed by atoms with van der Waals surface area (Å²) in [5.41, 5.74) is 6.43. The first-order valence-corrected chi connectivity index (χ1v) is 6.95. The Labute approximate surface area is 113 Å². The molecule has 19 heavy (non-hydrogen) atoms. The second-order valence-corrected chi connectivity index (χ2v) is 5.10. The third-order valence-electron chi connectivity index (χ3n) is 3.59. The first kappa shape index (κ1) is 14.2. The molecule has 0 atom stereocenters. The van der Waals surface area contributed by atoms with Crippen LogP contribution in [0.25, 0.3) is 0 Å². The number of rotatable bonds is 5. The van der Waals surface area contributed by atoms with Gasteiger partial charge in [-0.1, -0.05) is 18.6 Å². The number of hydrogen-bond donors (Lipinski definition) is 1. The fraction of sp³-hybridized carbons (Fsp3) is 0.533. The van der Waals surface area contributed by atoms with Crippen molar-refractivity contribution in [3.63, 3.8) is 0 Å². The summed E-state index contributed by atoms with van der Waals surface area (Å²) < 4.78 is 14.0. The van der Waals surface area contributed by atoms with Crippen LogP contribution in [0.1, 0.15) is 41.6 Å². The van der Waals surface area contributed by atoms with E-state index in [1.165, 1.54) is 25.3 Å². The van der Waals surface area contributed by atoms with Gasteiger partial charge < -0.3 is 5.73 Å². The molecule has 0 aliphatic carbocycles. The van der Waals surface area contributed by atoms with E-state index in [-0.39, 0.29) is 18.0 Å². The average Bonchev–Trinajstić information content (AvgIpc) is 2.42. The maximum atomic E-state index is 14.0. The van der Waals surface area contributed by atoms with Crippen molar-refractivity contribution in [3.8, 4) is 0 Å². The number of carbonyl (C=O) groups excluding carboxylic acids is 1. The molecule has 1 saturated heterocycles. The largest absolute Gasteiger partial charge is 0.330 e. The molecule has 3 nitrogen and oxygen atoms in total. The predicted octanol–water partition coefficient (Wildman–Crippen LogP) is 2.34. The van der Waals surface area contributed by atoms with E-state index in [4.69, 9.17) is 5.73 Å². The minimum atomic E-state index is -0.284. The van der Waals surface area contributed by atoms with E-state index in [1.54, 1.807) is 12.1 Å². The van der Waals surface area contributed by atoms with Crippen LogP contribution in [0.5, 0.6) is 0 Å². The molecule has 1 aromatic rings. The topological polar surface area (TPSA) is 46.3 Å². The van der Waals surface area contributed by atoms with Crippen molar-refractivity contribution in [1.82, 2.24) is 4.90 Å². The molecule has 104 valence electrons. The quantitative estimate of drug-likeness (QED) is 0.830. The van der Waals surface area contributed by atoms with Gasteiger partial charge in [0.1, 0.15) is 5.82 Å². The fourth-order valence-electron chi connectivity index (χ4n) is 2.48. The number of ketones is 1. The number of hydrogen-bond acceptors (Lipinski definition) is 3. The SMILES string of the molecule is NCCC(=O)c1ccc(CN2CCCCC2)c(F)c1. The Kier molecular flexibility index (Phi) is 5.05. The number of carbonyl (C=O) groups is 1. The van der Waals surface area contributed by atoms with Crippen LogP contribution < -0.4 is 5.73 Å². The molecule has 2 rings (SSSR count). The number of benzene rings is 1. The molecule has 1 heterocycles. The number of nitrogens with two attached hydrogens (primary N) is 1. The number of likely N-dealkylation sites (tertiary alicyclic amines) is 1. The Morgan fingerprint density at radius 2 is 2.00 bits per heavy atom. The molecule has 2 N–H and O–H groups in total. The lowest BCUT2D eigenvalue weighted by Gasteiger charge is -2.26. The van der Waals surface area contributed by atoms with Gasteiger partial charge in [-0.2, -0.15) is 0 Å². The van der Waals surface area contributed by atoms with Gasteiger partial charge in [-0.3, -0.25) is 9.69 Å². The summed E-state index contributed by atoms with van der Waals surface area (Å²) in [6.07, 6.45) is 3.92.